The average molecular weight is 252 g/mol. The summed E-state index contributed by atoms with van der Waals surface area (Å²) in [6.07, 6.45) is 3.84. The van der Waals surface area contributed by atoms with Gasteiger partial charge in [0.2, 0.25) is 0 Å². The minimum absolute atomic E-state index is 0.347. The molecule has 1 aliphatic rings. The number of hydrogen-bond acceptors (Lipinski definition) is 1. The van der Waals surface area contributed by atoms with Crippen LogP contribution in [-0.2, 0) is 5.41 Å². The van der Waals surface area contributed by atoms with Gasteiger partial charge in [0.15, 0.2) is 0 Å². The fourth-order valence-electron chi connectivity index (χ4n) is 2.85. The van der Waals surface area contributed by atoms with Gasteiger partial charge < -0.3 is 5.32 Å². The molecule has 94 valence electrons. The van der Waals surface area contributed by atoms with Crippen molar-refractivity contribution in [3.05, 3.63) is 34.9 Å². The molecule has 0 saturated heterocycles. The van der Waals surface area contributed by atoms with E-state index in [1.165, 1.54) is 24.8 Å². The van der Waals surface area contributed by atoms with E-state index in [2.05, 4.69) is 31.3 Å². The standard InChI is InChI=1S/C15H22ClN/c1-3-10-17-11-15(9-8-12(15)2)13-4-6-14(16)7-5-13/h4-7,12,17H,3,8-11H2,1-2H3. The summed E-state index contributed by atoms with van der Waals surface area (Å²) >= 11 is 5.97. The van der Waals surface area contributed by atoms with E-state index in [1.54, 1.807) is 0 Å². The van der Waals surface area contributed by atoms with Gasteiger partial charge in [0.25, 0.3) is 0 Å². The van der Waals surface area contributed by atoms with E-state index in [-0.39, 0.29) is 0 Å². The van der Waals surface area contributed by atoms with E-state index in [4.69, 9.17) is 11.6 Å². The van der Waals surface area contributed by atoms with Gasteiger partial charge in [-0.2, -0.15) is 0 Å². The molecule has 1 N–H and O–H groups in total. The summed E-state index contributed by atoms with van der Waals surface area (Å²) in [5, 5.41) is 4.42. The molecule has 2 rings (SSSR count). The normalized spacial score (nSPS) is 27.8. The van der Waals surface area contributed by atoms with Crippen molar-refractivity contribution >= 4 is 11.6 Å². The van der Waals surface area contributed by atoms with Gasteiger partial charge in [0, 0.05) is 17.0 Å². The molecule has 17 heavy (non-hydrogen) atoms. The molecule has 0 aromatic heterocycles. The lowest BCUT2D eigenvalue weighted by molar-refractivity contribution is 0.134. The first-order valence-electron chi connectivity index (χ1n) is 6.66. The number of benzene rings is 1. The van der Waals surface area contributed by atoms with E-state index in [9.17, 15) is 0 Å². The minimum Gasteiger partial charge on any atom is -0.316 e. The Morgan fingerprint density at radius 1 is 1.35 bits per heavy atom. The maximum atomic E-state index is 5.97. The highest BCUT2D eigenvalue weighted by Crippen LogP contribution is 2.48. The molecule has 0 spiro atoms. The second-order valence-corrected chi connectivity index (χ2v) is 5.72. The molecular weight excluding hydrogens is 230 g/mol. The third-order valence-electron chi connectivity index (χ3n) is 4.25. The Hall–Kier alpha value is -0.530. The molecule has 0 bridgehead atoms. The Bertz CT molecular complexity index is 360. The zero-order valence-corrected chi connectivity index (χ0v) is 11.6. The Morgan fingerprint density at radius 3 is 2.53 bits per heavy atom. The smallest absolute Gasteiger partial charge is 0.0406 e. The van der Waals surface area contributed by atoms with Gasteiger partial charge in [-0.15, -0.1) is 0 Å². The summed E-state index contributed by atoms with van der Waals surface area (Å²) in [6, 6.07) is 8.43. The molecule has 2 heteroatoms. The molecule has 1 fully saturated rings. The van der Waals surface area contributed by atoms with Crippen molar-refractivity contribution < 1.29 is 0 Å². The summed E-state index contributed by atoms with van der Waals surface area (Å²) in [5.41, 5.74) is 1.80. The van der Waals surface area contributed by atoms with Crippen LogP contribution < -0.4 is 5.32 Å². The Balaban J connectivity index is 2.14. The van der Waals surface area contributed by atoms with Crippen molar-refractivity contribution in [2.24, 2.45) is 5.92 Å². The summed E-state index contributed by atoms with van der Waals surface area (Å²) in [7, 11) is 0. The molecular formula is C15H22ClN. The van der Waals surface area contributed by atoms with Gasteiger partial charge in [0.05, 0.1) is 0 Å². The molecule has 2 atom stereocenters. The van der Waals surface area contributed by atoms with Crippen LogP contribution in [0.5, 0.6) is 0 Å². The first-order valence-corrected chi connectivity index (χ1v) is 7.03. The maximum absolute atomic E-state index is 5.97. The van der Waals surface area contributed by atoms with Gasteiger partial charge in [0.1, 0.15) is 0 Å². The van der Waals surface area contributed by atoms with Crippen LogP contribution in [0.25, 0.3) is 0 Å². The summed E-state index contributed by atoms with van der Waals surface area (Å²) in [4.78, 5) is 0. The van der Waals surface area contributed by atoms with Crippen LogP contribution in [-0.4, -0.2) is 13.1 Å². The zero-order valence-electron chi connectivity index (χ0n) is 10.8. The van der Waals surface area contributed by atoms with Crippen molar-refractivity contribution in [1.82, 2.24) is 5.32 Å². The van der Waals surface area contributed by atoms with E-state index in [1.807, 2.05) is 12.1 Å². The van der Waals surface area contributed by atoms with Gasteiger partial charge in [-0.3, -0.25) is 0 Å². The van der Waals surface area contributed by atoms with Gasteiger partial charge in [-0.05, 0) is 49.4 Å². The van der Waals surface area contributed by atoms with Gasteiger partial charge in [-0.25, -0.2) is 0 Å². The Morgan fingerprint density at radius 2 is 2.06 bits per heavy atom. The van der Waals surface area contributed by atoms with E-state index < -0.39 is 0 Å². The van der Waals surface area contributed by atoms with Gasteiger partial charge >= 0.3 is 0 Å². The zero-order chi connectivity index (χ0) is 12.3. The lowest BCUT2D eigenvalue weighted by atomic mass is 9.57. The lowest BCUT2D eigenvalue weighted by Gasteiger charge is -2.49. The molecule has 1 aliphatic carbocycles. The third kappa shape index (κ3) is 2.51. The van der Waals surface area contributed by atoms with Crippen LogP contribution in [0, 0.1) is 5.92 Å². The number of halogens is 1. The molecule has 0 heterocycles. The molecule has 2 unspecified atom stereocenters. The number of hydrogen-bond donors (Lipinski definition) is 1. The van der Waals surface area contributed by atoms with Crippen LogP contribution >= 0.6 is 11.6 Å². The molecule has 0 radical (unpaired) electrons. The highest BCUT2D eigenvalue weighted by molar-refractivity contribution is 6.30. The van der Waals surface area contributed by atoms with Crippen molar-refractivity contribution in [2.75, 3.05) is 13.1 Å². The predicted molar refractivity (Wildman–Crippen MR) is 74.7 cm³/mol. The molecule has 1 saturated carbocycles. The van der Waals surface area contributed by atoms with E-state index >= 15 is 0 Å². The second kappa shape index (κ2) is 5.41. The van der Waals surface area contributed by atoms with Crippen molar-refractivity contribution in [3.63, 3.8) is 0 Å². The first-order chi connectivity index (χ1) is 8.19. The predicted octanol–water partition coefficient (Wildman–Crippen LogP) is 4.01. The second-order valence-electron chi connectivity index (χ2n) is 5.28. The fourth-order valence-corrected chi connectivity index (χ4v) is 2.97. The van der Waals surface area contributed by atoms with E-state index in [0.717, 1.165) is 24.0 Å². The molecule has 0 aliphatic heterocycles. The summed E-state index contributed by atoms with van der Waals surface area (Å²) in [6.45, 7) is 6.80. The Kier molecular flexibility index (Phi) is 4.11. The van der Waals surface area contributed by atoms with Crippen molar-refractivity contribution in [2.45, 2.75) is 38.5 Å². The summed E-state index contributed by atoms with van der Waals surface area (Å²) < 4.78 is 0. The topological polar surface area (TPSA) is 12.0 Å². The lowest BCUT2D eigenvalue weighted by Crippen LogP contribution is -2.50. The van der Waals surface area contributed by atoms with Crippen LogP contribution in [0.1, 0.15) is 38.7 Å². The molecule has 1 nitrogen and oxygen atoms in total. The first kappa shape index (κ1) is 12.9. The highest BCUT2D eigenvalue weighted by atomic mass is 35.5. The molecule has 1 aromatic rings. The largest absolute Gasteiger partial charge is 0.316 e. The summed E-state index contributed by atoms with van der Waals surface area (Å²) in [5.74, 6) is 0.771. The van der Waals surface area contributed by atoms with Crippen molar-refractivity contribution in [1.29, 1.82) is 0 Å². The monoisotopic (exact) mass is 251 g/mol. The number of nitrogens with one attached hydrogen (secondary N) is 1. The maximum Gasteiger partial charge on any atom is 0.0406 e. The number of rotatable bonds is 5. The van der Waals surface area contributed by atoms with Gasteiger partial charge in [-0.1, -0.05) is 37.6 Å². The minimum atomic E-state index is 0.347. The Labute approximate surface area is 110 Å². The highest BCUT2D eigenvalue weighted by Gasteiger charge is 2.44. The van der Waals surface area contributed by atoms with Crippen LogP contribution in [0.4, 0.5) is 0 Å². The van der Waals surface area contributed by atoms with Crippen LogP contribution in [0.15, 0.2) is 24.3 Å². The SMILES string of the molecule is CCCNCC1(c2ccc(Cl)cc2)CCC1C. The van der Waals surface area contributed by atoms with E-state index in [0.29, 0.717) is 5.41 Å². The quantitative estimate of drug-likeness (QED) is 0.780. The third-order valence-corrected chi connectivity index (χ3v) is 4.51. The molecule has 0 amide bonds. The molecule has 1 aromatic carbocycles. The fraction of sp³-hybridized carbons (Fsp3) is 0.600. The average Bonchev–Trinajstić information content (AvgIpc) is 2.34. The van der Waals surface area contributed by atoms with Crippen molar-refractivity contribution in [3.8, 4) is 0 Å². The van der Waals surface area contributed by atoms with Crippen LogP contribution in [0.2, 0.25) is 5.02 Å². The van der Waals surface area contributed by atoms with Crippen LogP contribution in [0.3, 0.4) is 0 Å².